The number of nitrogens with zero attached hydrogens (tertiary/aromatic N) is 2. The van der Waals surface area contributed by atoms with Gasteiger partial charge in [0, 0.05) is 18.0 Å². The first-order chi connectivity index (χ1) is 8.00. The van der Waals surface area contributed by atoms with E-state index in [1.54, 1.807) is 4.90 Å². The second kappa shape index (κ2) is 5.10. The largest absolute Gasteiger partial charge is 0.290 e. The molecule has 0 aliphatic carbocycles. The molecule has 1 aliphatic rings. The highest BCUT2D eigenvalue weighted by Gasteiger charge is 2.31. The van der Waals surface area contributed by atoms with Crippen LogP contribution in [0.15, 0.2) is 12.3 Å². The van der Waals surface area contributed by atoms with Gasteiger partial charge in [0.1, 0.15) is 9.47 Å². The Hall–Kier alpha value is -0.360. The summed E-state index contributed by atoms with van der Waals surface area (Å²) in [5, 5.41) is 0.456. The van der Waals surface area contributed by atoms with Gasteiger partial charge in [-0.25, -0.2) is 4.98 Å². The summed E-state index contributed by atoms with van der Waals surface area (Å²) in [5.74, 6) is 0.637. The third kappa shape index (κ3) is 2.57. The molecule has 90 valence electrons. The summed E-state index contributed by atoms with van der Waals surface area (Å²) in [4.78, 5) is 17.7. The van der Waals surface area contributed by atoms with Crippen molar-refractivity contribution in [2.45, 2.75) is 13.0 Å². The molecule has 1 aromatic rings. The second-order valence-corrected chi connectivity index (χ2v) is 6.02. The monoisotopic (exact) mass is 306 g/mol. The third-order valence-electron chi connectivity index (χ3n) is 2.35. The molecule has 1 aliphatic heterocycles. The van der Waals surface area contributed by atoms with Gasteiger partial charge < -0.3 is 0 Å². The van der Waals surface area contributed by atoms with Crippen molar-refractivity contribution in [1.29, 1.82) is 0 Å². The summed E-state index contributed by atoms with van der Waals surface area (Å²) < 4.78 is 0.591. The maximum absolute atomic E-state index is 12.2. The maximum atomic E-state index is 12.2. The Morgan fingerprint density at radius 3 is 2.88 bits per heavy atom. The number of aromatic nitrogens is 1. The lowest BCUT2D eigenvalue weighted by Gasteiger charge is -2.20. The van der Waals surface area contributed by atoms with Crippen LogP contribution < -0.4 is 0 Å². The van der Waals surface area contributed by atoms with E-state index >= 15 is 0 Å². The number of pyridine rings is 1. The van der Waals surface area contributed by atoms with Crippen molar-refractivity contribution in [3.05, 3.63) is 28.0 Å². The van der Waals surface area contributed by atoms with Crippen molar-refractivity contribution in [3.63, 3.8) is 0 Å². The molecule has 0 saturated carbocycles. The van der Waals surface area contributed by atoms with Gasteiger partial charge in [-0.3, -0.25) is 9.69 Å². The molecule has 17 heavy (non-hydrogen) atoms. The lowest BCUT2D eigenvalue weighted by atomic mass is 10.2. The highest BCUT2D eigenvalue weighted by Crippen LogP contribution is 2.27. The summed E-state index contributed by atoms with van der Waals surface area (Å²) >= 11 is 18.2. The molecule has 0 spiro atoms. The molecule has 1 saturated heterocycles. The fraction of sp³-hybridized carbons (Fsp3) is 0.300. The number of hydrogen-bond donors (Lipinski definition) is 0. The number of carbonyl (C=O) groups excluding carboxylic acids is 1. The predicted octanol–water partition coefficient (Wildman–Crippen LogP) is 3.25. The molecule has 1 unspecified atom stereocenters. The van der Waals surface area contributed by atoms with E-state index in [2.05, 4.69) is 4.98 Å². The summed E-state index contributed by atoms with van der Waals surface area (Å²) in [6.07, 6.45) is 1.41. The number of carbonyl (C=O) groups is 1. The minimum absolute atomic E-state index is 0.0921. The van der Waals surface area contributed by atoms with Gasteiger partial charge in [0.05, 0.1) is 10.6 Å². The topological polar surface area (TPSA) is 33.2 Å². The van der Waals surface area contributed by atoms with Crippen LogP contribution in [-0.4, -0.2) is 31.9 Å². The summed E-state index contributed by atoms with van der Waals surface area (Å²) in [6.45, 7) is 1.95. The maximum Gasteiger partial charge on any atom is 0.261 e. The predicted molar refractivity (Wildman–Crippen MR) is 74.9 cm³/mol. The standard InChI is InChI=1S/C10H8Cl2N2OS2/c1-5-4-17-10(16)14(5)9(15)6-2-7(11)8(12)13-3-6/h2-3,5H,4H2,1H3. The van der Waals surface area contributed by atoms with Gasteiger partial charge in [-0.2, -0.15) is 0 Å². The number of thioether (sulfide) groups is 1. The Morgan fingerprint density at radius 1 is 1.65 bits per heavy atom. The van der Waals surface area contributed by atoms with Gasteiger partial charge in [-0.1, -0.05) is 47.2 Å². The second-order valence-electron chi connectivity index (χ2n) is 3.60. The Morgan fingerprint density at radius 2 is 2.35 bits per heavy atom. The van der Waals surface area contributed by atoms with E-state index in [9.17, 15) is 4.79 Å². The molecule has 3 nitrogen and oxygen atoms in total. The Kier molecular flexibility index (Phi) is 3.92. The van der Waals surface area contributed by atoms with Gasteiger partial charge in [0.25, 0.3) is 5.91 Å². The van der Waals surface area contributed by atoms with Crippen molar-refractivity contribution in [1.82, 2.24) is 9.88 Å². The van der Waals surface area contributed by atoms with Crippen molar-refractivity contribution in [3.8, 4) is 0 Å². The van der Waals surface area contributed by atoms with Crippen LogP contribution in [0.3, 0.4) is 0 Å². The van der Waals surface area contributed by atoms with Crippen molar-refractivity contribution < 1.29 is 4.79 Å². The molecule has 1 amide bonds. The lowest BCUT2D eigenvalue weighted by molar-refractivity contribution is 0.0830. The van der Waals surface area contributed by atoms with Crippen LogP contribution >= 0.6 is 47.2 Å². The quantitative estimate of drug-likeness (QED) is 0.589. The Labute approximate surface area is 118 Å². The van der Waals surface area contributed by atoms with Crippen molar-refractivity contribution in [2.75, 3.05) is 5.75 Å². The SMILES string of the molecule is CC1CSC(=S)N1C(=O)c1cnc(Cl)c(Cl)c1. The molecule has 1 fully saturated rings. The highest BCUT2D eigenvalue weighted by atomic mass is 35.5. The van der Waals surface area contributed by atoms with Crippen molar-refractivity contribution >= 4 is 57.4 Å². The highest BCUT2D eigenvalue weighted by molar-refractivity contribution is 8.23. The smallest absolute Gasteiger partial charge is 0.261 e. The van der Waals surface area contributed by atoms with Gasteiger partial charge in [0.2, 0.25) is 0 Å². The van der Waals surface area contributed by atoms with Crippen LogP contribution in [0, 0.1) is 0 Å². The van der Waals surface area contributed by atoms with E-state index in [0.29, 0.717) is 9.88 Å². The fourth-order valence-corrected chi connectivity index (χ4v) is 3.15. The third-order valence-corrected chi connectivity index (χ3v) is 4.68. The van der Waals surface area contributed by atoms with Crippen molar-refractivity contribution in [2.24, 2.45) is 0 Å². The number of rotatable bonds is 1. The van der Waals surface area contributed by atoms with Crippen LogP contribution in [0.2, 0.25) is 10.2 Å². The summed E-state index contributed by atoms with van der Waals surface area (Å²) in [5.41, 5.74) is 0.399. The van der Waals surface area contributed by atoms with Crippen LogP contribution in [0.4, 0.5) is 0 Å². The average Bonchev–Trinajstić information content (AvgIpc) is 2.62. The first-order valence-electron chi connectivity index (χ1n) is 4.82. The van der Waals surface area contributed by atoms with E-state index in [1.165, 1.54) is 24.0 Å². The lowest BCUT2D eigenvalue weighted by Crippen LogP contribution is -2.36. The zero-order valence-electron chi connectivity index (χ0n) is 8.81. The van der Waals surface area contributed by atoms with E-state index in [-0.39, 0.29) is 22.1 Å². The average molecular weight is 307 g/mol. The van der Waals surface area contributed by atoms with Gasteiger partial charge in [-0.15, -0.1) is 0 Å². The summed E-state index contributed by atoms with van der Waals surface area (Å²) in [7, 11) is 0. The van der Waals surface area contributed by atoms with Crippen LogP contribution in [0.25, 0.3) is 0 Å². The molecule has 0 bridgehead atoms. The normalized spacial score (nSPS) is 19.8. The van der Waals surface area contributed by atoms with Crippen LogP contribution in [0.5, 0.6) is 0 Å². The number of amides is 1. The van der Waals surface area contributed by atoms with E-state index < -0.39 is 0 Å². The number of hydrogen-bond acceptors (Lipinski definition) is 4. The molecule has 0 N–H and O–H groups in total. The fourth-order valence-electron chi connectivity index (χ4n) is 1.48. The molecule has 7 heteroatoms. The molecule has 0 radical (unpaired) electrons. The van der Waals surface area contributed by atoms with E-state index in [4.69, 9.17) is 35.4 Å². The first kappa shape index (κ1) is 13.1. The Bertz CT molecular complexity index is 495. The molecule has 2 rings (SSSR count). The molecular weight excluding hydrogens is 299 g/mol. The van der Waals surface area contributed by atoms with Gasteiger partial charge in [0.15, 0.2) is 0 Å². The van der Waals surface area contributed by atoms with E-state index in [0.717, 1.165) is 5.75 Å². The van der Waals surface area contributed by atoms with Crippen LogP contribution in [-0.2, 0) is 0 Å². The molecule has 0 aromatic carbocycles. The van der Waals surface area contributed by atoms with Gasteiger partial charge in [-0.05, 0) is 13.0 Å². The summed E-state index contributed by atoms with van der Waals surface area (Å²) in [6, 6.07) is 1.60. The number of halogens is 2. The molecule has 2 heterocycles. The van der Waals surface area contributed by atoms with Crippen LogP contribution in [0.1, 0.15) is 17.3 Å². The Balaban J connectivity index is 2.30. The molecule has 1 atom stereocenters. The van der Waals surface area contributed by atoms with Gasteiger partial charge >= 0.3 is 0 Å². The minimum Gasteiger partial charge on any atom is -0.290 e. The molecular formula is C10H8Cl2N2OS2. The van der Waals surface area contributed by atoms with E-state index in [1.807, 2.05) is 6.92 Å². The zero-order valence-corrected chi connectivity index (χ0v) is 12.0. The molecule has 1 aromatic heterocycles. The minimum atomic E-state index is -0.182. The first-order valence-corrected chi connectivity index (χ1v) is 6.97. The number of thiocarbonyl (C=S) groups is 1. The zero-order chi connectivity index (χ0) is 12.6.